The van der Waals surface area contributed by atoms with Gasteiger partial charge in [0.2, 0.25) is 0 Å². The smallest absolute Gasteiger partial charge is 0.331 e. The number of amides is 4. The van der Waals surface area contributed by atoms with Crippen LogP contribution in [0.1, 0.15) is 44.7 Å². The molecule has 0 radical (unpaired) electrons. The number of halogens is 1. The third-order valence-electron chi connectivity index (χ3n) is 5.31. The van der Waals surface area contributed by atoms with Crippen molar-refractivity contribution in [2.24, 2.45) is 0 Å². The van der Waals surface area contributed by atoms with E-state index in [2.05, 4.69) is 5.32 Å². The molecular formula is C27H31ClN2O7. The lowest BCUT2D eigenvalue weighted by atomic mass is 10.1. The number of hydrogen-bond donors (Lipinski definition) is 1. The molecule has 1 heterocycles. The van der Waals surface area contributed by atoms with Crippen molar-refractivity contribution in [3.05, 3.63) is 52.1 Å². The topological polar surface area (TPSA) is 103 Å². The van der Waals surface area contributed by atoms with Crippen LogP contribution in [0.5, 0.6) is 23.0 Å². The van der Waals surface area contributed by atoms with Gasteiger partial charge in [-0.15, -0.1) is 0 Å². The molecule has 1 N–H and O–H groups in total. The van der Waals surface area contributed by atoms with E-state index in [0.29, 0.717) is 53.9 Å². The molecule has 0 bridgehead atoms. The molecule has 0 unspecified atom stereocenters. The number of nitrogens with zero attached hydrogens (tertiary/aromatic N) is 1. The predicted octanol–water partition coefficient (Wildman–Crippen LogP) is 4.99. The van der Waals surface area contributed by atoms with Crippen molar-refractivity contribution in [2.45, 2.75) is 40.2 Å². The molecule has 198 valence electrons. The SMILES string of the molecule is CCCOc1ccc(CN2C(=O)NC(=O)/C(=C\c3cc(Cl)c(OCCC)c(OC)c3)C2=O)cc1OCC. The van der Waals surface area contributed by atoms with Gasteiger partial charge in [-0.3, -0.25) is 19.8 Å². The van der Waals surface area contributed by atoms with Gasteiger partial charge < -0.3 is 18.9 Å². The standard InChI is InChI=1S/C27H31ClN2O7/c1-5-10-36-21-9-8-17(14-22(21)35-7-3)16-30-26(32)19(25(31)29-27(30)33)12-18-13-20(28)24(37-11-6-2)23(15-18)34-4/h8-9,12-15H,5-7,10-11,16H2,1-4H3,(H,29,31,33)/b19-12+. The number of carbonyl (C=O) groups is 3. The van der Waals surface area contributed by atoms with Gasteiger partial charge in [-0.25, -0.2) is 4.79 Å². The van der Waals surface area contributed by atoms with Crippen molar-refractivity contribution < 1.29 is 33.3 Å². The third-order valence-corrected chi connectivity index (χ3v) is 5.59. The average molecular weight is 531 g/mol. The molecule has 0 spiro atoms. The Kier molecular flexibility index (Phi) is 9.79. The van der Waals surface area contributed by atoms with E-state index in [-0.39, 0.29) is 17.1 Å². The Morgan fingerprint density at radius 3 is 2.32 bits per heavy atom. The van der Waals surface area contributed by atoms with Gasteiger partial charge >= 0.3 is 6.03 Å². The van der Waals surface area contributed by atoms with Gasteiger partial charge in [0.15, 0.2) is 23.0 Å². The maximum Gasteiger partial charge on any atom is 0.331 e. The summed E-state index contributed by atoms with van der Waals surface area (Å²) in [5.41, 5.74) is 0.856. The molecule has 0 atom stereocenters. The van der Waals surface area contributed by atoms with Crippen molar-refractivity contribution in [1.82, 2.24) is 10.2 Å². The average Bonchev–Trinajstić information content (AvgIpc) is 2.87. The molecule has 1 saturated heterocycles. The number of barbiturate groups is 1. The molecule has 1 aliphatic rings. The largest absolute Gasteiger partial charge is 0.493 e. The summed E-state index contributed by atoms with van der Waals surface area (Å²) < 4.78 is 22.4. The third kappa shape index (κ3) is 6.74. The zero-order valence-corrected chi connectivity index (χ0v) is 22.1. The fourth-order valence-corrected chi connectivity index (χ4v) is 3.88. The molecule has 9 nitrogen and oxygen atoms in total. The monoisotopic (exact) mass is 530 g/mol. The van der Waals surface area contributed by atoms with E-state index in [1.165, 1.54) is 13.2 Å². The summed E-state index contributed by atoms with van der Waals surface area (Å²) in [6.07, 6.45) is 2.98. The van der Waals surface area contributed by atoms with Crippen LogP contribution in [0.2, 0.25) is 5.02 Å². The molecule has 10 heteroatoms. The Labute approximate surface area is 221 Å². The lowest BCUT2D eigenvalue weighted by molar-refractivity contribution is -0.130. The molecule has 4 amide bonds. The maximum atomic E-state index is 13.3. The number of imide groups is 2. The Balaban J connectivity index is 1.89. The van der Waals surface area contributed by atoms with Crippen molar-refractivity contribution in [3.8, 4) is 23.0 Å². The molecule has 0 aromatic heterocycles. The first kappa shape index (κ1) is 27.9. The number of urea groups is 1. The second-order valence-corrected chi connectivity index (χ2v) is 8.56. The zero-order chi connectivity index (χ0) is 26.9. The number of methoxy groups -OCH3 is 1. The van der Waals surface area contributed by atoms with E-state index in [0.717, 1.165) is 17.7 Å². The highest BCUT2D eigenvalue weighted by Crippen LogP contribution is 2.37. The second kappa shape index (κ2) is 13.0. The Morgan fingerprint density at radius 2 is 1.65 bits per heavy atom. The van der Waals surface area contributed by atoms with Crippen molar-refractivity contribution in [2.75, 3.05) is 26.9 Å². The van der Waals surface area contributed by atoms with Gasteiger partial charge in [-0.1, -0.05) is 31.5 Å². The maximum absolute atomic E-state index is 13.3. The first-order chi connectivity index (χ1) is 17.8. The summed E-state index contributed by atoms with van der Waals surface area (Å²) in [5, 5.41) is 2.49. The van der Waals surface area contributed by atoms with Crippen LogP contribution in [0.15, 0.2) is 35.9 Å². The number of ether oxygens (including phenoxy) is 4. The van der Waals surface area contributed by atoms with Crippen LogP contribution >= 0.6 is 11.6 Å². The van der Waals surface area contributed by atoms with Crippen molar-refractivity contribution >= 4 is 35.5 Å². The lowest BCUT2D eigenvalue weighted by Gasteiger charge is -2.26. The number of hydrogen-bond acceptors (Lipinski definition) is 7. The Bertz CT molecular complexity index is 1200. The van der Waals surface area contributed by atoms with Gasteiger partial charge in [-0.05, 0) is 61.2 Å². The van der Waals surface area contributed by atoms with Gasteiger partial charge in [0.25, 0.3) is 11.8 Å². The number of rotatable bonds is 12. The Hall–Kier alpha value is -3.72. The van der Waals surface area contributed by atoms with Crippen molar-refractivity contribution in [1.29, 1.82) is 0 Å². The molecule has 1 fully saturated rings. The van der Waals surface area contributed by atoms with Crippen molar-refractivity contribution in [3.63, 3.8) is 0 Å². The van der Waals surface area contributed by atoms with Crippen LogP contribution < -0.4 is 24.3 Å². The summed E-state index contributed by atoms with van der Waals surface area (Å²) in [7, 11) is 1.47. The normalized spacial score (nSPS) is 14.6. The summed E-state index contributed by atoms with van der Waals surface area (Å²) in [4.78, 5) is 39.4. The minimum absolute atomic E-state index is 0.0721. The van der Waals surface area contributed by atoms with Gasteiger partial charge in [0.1, 0.15) is 5.57 Å². The Morgan fingerprint density at radius 1 is 0.919 bits per heavy atom. The van der Waals surface area contributed by atoms with Crippen LogP contribution in [0.3, 0.4) is 0 Å². The molecular weight excluding hydrogens is 500 g/mol. The second-order valence-electron chi connectivity index (χ2n) is 8.15. The fraction of sp³-hybridized carbons (Fsp3) is 0.370. The van der Waals surface area contributed by atoms with E-state index in [4.69, 9.17) is 30.5 Å². The van der Waals surface area contributed by atoms with E-state index in [9.17, 15) is 14.4 Å². The van der Waals surface area contributed by atoms with E-state index in [1.54, 1.807) is 30.3 Å². The van der Waals surface area contributed by atoms with Crippen LogP contribution in [-0.2, 0) is 16.1 Å². The minimum Gasteiger partial charge on any atom is -0.493 e. The van der Waals surface area contributed by atoms with Gasteiger partial charge in [-0.2, -0.15) is 0 Å². The zero-order valence-electron chi connectivity index (χ0n) is 21.4. The molecule has 2 aromatic rings. The summed E-state index contributed by atoms with van der Waals surface area (Å²) in [6, 6.07) is 7.56. The van der Waals surface area contributed by atoms with Crippen LogP contribution in [0, 0.1) is 0 Å². The number of carbonyl (C=O) groups excluding carboxylic acids is 3. The van der Waals surface area contributed by atoms with Crippen LogP contribution in [0.25, 0.3) is 6.08 Å². The van der Waals surface area contributed by atoms with Gasteiger partial charge in [0, 0.05) is 0 Å². The number of nitrogens with one attached hydrogen (secondary N) is 1. The van der Waals surface area contributed by atoms with E-state index in [1.807, 2.05) is 20.8 Å². The summed E-state index contributed by atoms with van der Waals surface area (Å²) in [6.45, 7) is 7.15. The molecule has 0 aliphatic carbocycles. The first-order valence-corrected chi connectivity index (χ1v) is 12.5. The summed E-state index contributed by atoms with van der Waals surface area (Å²) in [5.74, 6) is 0.289. The molecule has 37 heavy (non-hydrogen) atoms. The van der Waals surface area contributed by atoms with E-state index >= 15 is 0 Å². The van der Waals surface area contributed by atoms with Gasteiger partial charge in [0.05, 0.1) is 38.5 Å². The van der Waals surface area contributed by atoms with Crippen LogP contribution in [0.4, 0.5) is 4.79 Å². The first-order valence-electron chi connectivity index (χ1n) is 12.1. The molecule has 2 aromatic carbocycles. The summed E-state index contributed by atoms with van der Waals surface area (Å²) >= 11 is 6.38. The highest BCUT2D eigenvalue weighted by atomic mass is 35.5. The minimum atomic E-state index is -0.810. The predicted molar refractivity (Wildman–Crippen MR) is 139 cm³/mol. The molecule has 0 saturated carbocycles. The fourth-order valence-electron chi connectivity index (χ4n) is 3.60. The van der Waals surface area contributed by atoms with Crippen LogP contribution in [-0.4, -0.2) is 49.7 Å². The molecule has 3 rings (SSSR count). The molecule has 1 aliphatic heterocycles. The van der Waals surface area contributed by atoms with E-state index < -0.39 is 17.8 Å². The quantitative estimate of drug-likeness (QED) is 0.304. The highest BCUT2D eigenvalue weighted by Gasteiger charge is 2.36. The lowest BCUT2D eigenvalue weighted by Crippen LogP contribution is -2.53. The highest BCUT2D eigenvalue weighted by molar-refractivity contribution is 6.33. The number of benzene rings is 2.